The van der Waals surface area contributed by atoms with Crippen molar-refractivity contribution < 1.29 is 9.47 Å². The van der Waals surface area contributed by atoms with Crippen LogP contribution < -0.4 is 9.47 Å². The standard InChI is InChI=1S/C8H8BrClO2/c1-11-7-3-2-6(9)4-8(7)12-5-10/h2-4H,5H2,1H3. The Balaban J connectivity index is 2.95. The molecule has 66 valence electrons. The van der Waals surface area contributed by atoms with E-state index in [1.54, 1.807) is 13.2 Å². The molecule has 0 aromatic heterocycles. The van der Waals surface area contributed by atoms with Gasteiger partial charge in [0.05, 0.1) is 7.11 Å². The summed E-state index contributed by atoms with van der Waals surface area (Å²) >= 11 is 8.74. The van der Waals surface area contributed by atoms with E-state index in [4.69, 9.17) is 21.1 Å². The summed E-state index contributed by atoms with van der Waals surface area (Å²) < 4.78 is 11.1. The van der Waals surface area contributed by atoms with Crippen molar-refractivity contribution in [3.8, 4) is 11.5 Å². The molecule has 0 fully saturated rings. The molecule has 12 heavy (non-hydrogen) atoms. The van der Waals surface area contributed by atoms with E-state index in [0.717, 1.165) is 4.47 Å². The molecule has 0 atom stereocenters. The molecule has 0 radical (unpaired) electrons. The minimum Gasteiger partial charge on any atom is -0.493 e. The molecule has 2 nitrogen and oxygen atoms in total. The van der Waals surface area contributed by atoms with Crippen LogP contribution in [0.1, 0.15) is 0 Å². The molecule has 0 aliphatic heterocycles. The van der Waals surface area contributed by atoms with Gasteiger partial charge in [-0.2, -0.15) is 0 Å². The fraction of sp³-hybridized carbons (Fsp3) is 0.250. The Morgan fingerprint density at radius 1 is 1.42 bits per heavy atom. The second-order valence-corrected chi connectivity index (χ2v) is 3.18. The molecule has 0 saturated carbocycles. The van der Waals surface area contributed by atoms with Crippen molar-refractivity contribution in [1.29, 1.82) is 0 Å². The van der Waals surface area contributed by atoms with Gasteiger partial charge in [-0.25, -0.2) is 0 Å². The topological polar surface area (TPSA) is 18.5 Å². The first-order valence-electron chi connectivity index (χ1n) is 3.30. The first-order valence-corrected chi connectivity index (χ1v) is 4.63. The highest BCUT2D eigenvalue weighted by atomic mass is 79.9. The maximum atomic E-state index is 5.42. The summed E-state index contributed by atoms with van der Waals surface area (Å²) in [5.41, 5.74) is 0. The molecule has 0 unspecified atom stereocenters. The Kier molecular flexibility index (Phi) is 3.69. The number of hydrogen-bond donors (Lipinski definition) is 0. The number of hydrogen-bond acceptors (Lipinski definition) is 2. The highest BCUT2D eigenvalue weighted by Crippen LogP contribution is 2.30. The summed E-state index contributed by atoms with van der Waals surface area (Å²) in [5, 5.41) is 0. The van der Waals surface area contributed by atoms with Crippen molar-refractivity contribution >= 4 is 27.5 Å². The van der Waals surface area contributed by atoms with Gasteiger partial charge in [0.25, 0.3) is 0 Å². The number of halogens is 2. The van der Waals surface area contributed by atoms with E-state index < -0.39 is 0 Å². The minimum absolute atomic E-state index is 0.118. The zero-order valence-corrected chi connectivity index (χ0v) is 8.85. The quantitative estimate of drug-likeness (QED) is 0.769. The minimum atomic E-state index is 0.118. The van der Waals surface area contributed by atoms with Gasteiger partial charge in [-0.1, -0.05) is 27.5 Å². The first kappa shape index (κ1) is 9.68. The molecule has 1 aromatic carbocycles. The molecule has 0 heterocycles. The summed E-state index contributed by atoms with van der Waals surface area (Å²) in [7, 11) is 1.59. The lowest BCUT2D eigenvalue weighted by atomic mass is 10.3. The molecular formula is C8H8BrClO2. The van der Waals surface area contributed by atoms with Crippen LogP contribution in [-0.2, 0) is 0 Å². The fourth-order valence-electron chi connectivity index (χ4n) is 0.822. The third-order valence-corrected chi connectivity index (χ3v) is 1.94. The van der Waals surface area contributed by atoms with Gasteiger partial charge in [-0.05, 0) is 18.2 Å². The lowest BCUT2D eigenvalue weighted by Crippen LogP contribution is -1.93. The van der Waals surface area contributed by atoms with Crippen LogP contribution in [0.4, 0.5) is 0 Å². The Morgan fingerprint density at radius 2 is 2.17 bits per heavy atom. The Bertz CT molecular complexity index is 265. The second-order valence-electron chi connectivity index (χ2n) is 2.05. The maximum absolute atomic E-state index is 5.42. The Hall–Kier alpha value is -0.410. The molecular weight excluding hydrogens is 243 g/mol. The molecule has 1 rings (SSSR count). The van der Waals surface area contributed by atoms with Crippen LogP contribution in [0.15, 0.2) is 22.7 Å². The summed E-state index contributed by atoms with van der Waals surface area (Å²) in [5.74, 6) is 1.32. The molecule has 0 bridgehead atoms. The van der Waals surface area contributed by atoms with Crippen molar-refractivity contribution in [2.45, 2.75) is 0 Å². The van der Waals surface area contributed by atoms with Crippen LogP contribution in [0, 0.1) is 0 Å². The van der Waals surface area contributed by atoms with Crippen molar-refractivity contribution in [1.82, 2.24) is 0 Å². The van der Waals surface area contributed by atoms with Crippen molar-refractivity contribution in [2.24, 2.45) is 0 Å². The van der Waals surface area contributed by atoms with E-state index >= 15 is 0 Å². The van der Waals surface area contributed by atoms with Crippen LogP contribution in [0.2, 0.25) is 0 Å². The lowest BCUT2D eigenvalue weighted by molar-refractivity contribution is 0.341. The van der Waals surface area contributed by atoms with E-state index in [2.05, 4.69) is 15.9 Å². The smallest absolute Gasteiger partial charge is 0.164 e. The maximum Gasteiger partial charge on any atom is 0.164 e. The van der Waals surface area contributed by atoms with Crippen molar-refractivity contribution in [2.75, 3.05) is 13.2 Å². The summed E-state index contributed by atoms with van der Waals surface area (Å²) in [4.78, 5) is 0. The molecule has 1 aromatic rings. The predicted octanol–water partition coefficient (Wildman–Crippen LogP) is 3.03. The second kappa shape index (κ2) is 4.58. The van der Waals surface area contributed by atoms with Crippen LogP contribution >= 0.6 is 27.5 Å². The zero-order chi connectivity index (χ0) is 8.97. The number of benzene rings is 1. The monoisotopic (exact) mass is 250 g/mol. The van der Waals surface area contributed by atoms with Crippen molar-refractivity contribution in [3.63, 3.8) is 0 Å². The average Bonchev–Trinajstić information content (AvgIpc) is 2.05. The van der Waals surface area contributed by atoms with Crippen molar-refractivity contribution in [3.05, 3.63) is 22.7 Å². The molecule has 0 aliphatic rings. The largest absolute Gasteiger partial charge is 0.493 e. The average molecular weight is 252 g/mol. The SMILES string of the molecule is COc1ccc(Br)cc1OCCl. The van der Waals surface area contributed by atoms with E-state index in [0.29, 0.717) is 11.5 Å². The first-order chi connectivity index (χ1) is 5.77. The zero-order valence-electron chi connectivity index (χ0n) is 6.51. The summed E-state index contributed by atoms with van der Waals surface area (Å²) in [6.45, 7) is 0. The van der Waals surface area contributed by atoms with Crippen LogP contribution in [0.5, 0.6) is 11.5 Å². The van der Waals surface area contributed by atoms with Gasteiger partial charge in [0.1, 0.15) is 0 Å². The van der Waals surface area contributed by atoms with Gasteiger partial charge in [0, 0.05) is 4.47 Å². The number of alkyl halides is 1. The highest BCUT2D eigenvalue weighted by Gasteiger charge is 2.03. The number of ether oxygens (including phenoxy) is 2. The molecule has 0 N–H and O–H groups in total. The number of rotatable bonds is 3. The fourth-order valence-corrected chi connectivity index (χ4v) is 1.28. The normalized spacial score (nSPS) is 9.58. The highest BCUT2D eigenvalue weighted by molar-refractivity contribution is 9.10. The lowest BCUT2D eigenvalue weighted by Gasteiger charge is -2.07. The van der Waals surface area contributed by atoms with Gasteiger partial charge in [0.15, 0.2) is 17.6 Å². The molecule has 0 spiro atoms. The summed E-state index contributed by atoms with van der Waals surface area (Å²) in [6, 6.07) is 5.61. The molecule has 0 amide bonds. The molecule has 4 heteroatoms. The summed E-state index contributed by atoms with van der Waals surface area (Å²) in [6.07, 6.45) is 0. The third-order valence-electron chi connectivity index (χ3n) is 1.34. The van der Waals surface area contributed by atoms with Gasteiger partial charge in [0.2, 0.25) is 0 Å². The van der Waals surface area contributed by atoms with E-state index in [9.17, 15) is 0 Å². The molecule has 0 aliphatic carbocycles. The van der Waals surface area contributed by atoms with Gasteiger partial charge >= 0.3 is 0 Å². The Morgan fingerprint density at radius 3 is 2.75 bits per heavy atom. The van der Waals surface area contributed by atoms with Gasteiger partial charge in [-0.15, -0.1) is 0 Å². The van der Waals surface area contributed by atoms with Gasteiger partial charge in [-0.3, -0.25) is 0 Å². The third kappa shape index (κ3) is 2.29. The predicted molar refractivity (Wildman–Crippen MR) is 52.0 cm³/mol. The van der Waals surface area contributed by atoms with E-state index in [1.807, 2.05) is 12.1 Å². The van der Waals surface area contributed by atoms with Crippen LogP contribution in [-0.4, -0.2) is 13.2 Å². The van der Waals surface area contributed by atoms with E-state index in [1.165, 1.54) is 0 Å². The van der Waals surface area contributed by atoms with Crippen LogP contribution in [0.25, 0.3) is 0 Å². The number of methoxy groups -OCH3 is 1. The van der Waals surface area contributed by atoms with E-state index in [-0.39, 0.29) is 6.07 Å². The van der Waals surface area contributed by atoms with Crippen LogP contribution in [0.3, 0.4) is 0 Å². The van der Waals surface area contributed by atoms with Gasteiger partial charge < -0.3 is 9.47 Å². The Labute approximate surface area is 84.6 Å². The molecule has 0 saturated heterocycles.